The van der Waals surface area contributed by atoms with Gasteiger partial charge in [0.25, 0.3) is 0 Å². The van der Waals surface area contributed by atoms with Crippen molar-refractivity contribution in [1.82, 2.24) is 5.32 Å². The Balaban J connectivity index is 1.56. The van der Waals surface area contributed by atoms with Gasteiger partial charge in [-0.2, -0.15) is 0 Å². The third kappa shape index (κ3) is 4.52. The average Bonchev–Trinajstić information content (AvgIpc) is 3.12. The van der Waals surface area contributed by atoms with Crippen LogP contribution in [0.2, 0.25) is 0 Å². The molecule has 0 bridgehead atoms. The lowest BCUT2D eigenvalue weighted by molar-refractivity contribution is -0.234. The van der Waals surface area contributed by atoms with E-state index in [0.717, 1.165) is 55.9 Å². The molecule has 4 saturated carbocycles. The van der Waals surface area contributed by atoms with Crippen LogP contribution >= 0.6 is 0 Å². The molecule has 10 atom stereocenters. The van der Waals surface area contributed by atoms with Gasteiger partial charge in [0, 0.05) is 17.9 Å². The highest BCUT2D eigenvalue weighted by molar-refractivity contribution is 5.18. The molecule has 0 aliphatic heterocycles. The molecule has 4 aliphatic carbocycles. The molecule has 0 radical (unpaired) electrons. The van der Waals surface area contributed by atoms with E-state index >= 15 is 0 Å². The van der Waals surface area contributed by atoms with E-state index in [1.165, 1.54) is 44.9 Å². The fourth-order valence-corrected chi connectivity index (χ4v) is 9.95. The summed E-state index contributed by atoms with van der Waals surface area (Å²) in [6.45, 7) is 13.8. The number of fused-ring (bicyclic) bond motifs is 5. The second-order valence-electron chi connectivity index (χ2n) is 14.0. The number of aliphatic hydroxyl groups excluding tert-OH is 1. The smallest absolute Gasteiger partial charge is 0.0880 e. The van der Waals surface area contributed by atoms with E-state index in [-0.39, 0.29) is 17.6 Å². The van der Waals surface area contributed by atoms with Gasteiger partial charge in [-0.05, 0) is 105 Å². The summed E-state index contributed by atoms with van der Waals surface area (Å²) in [6, 6.07) is 0.0742. The molecule has 0 aromatic carbocycles. The summed E-state index contributed by atoms with van der Waals surface area (Å²) >= 11 is 0. The Bertz CT molecular complexity index is 685. The van der Waals surface area contributed by atoms with Crippen molar-refractivity contribution in [3.63, 3.8) is 0 Å². The summed E-state index contributed by atoms with van der Waals surface area (Å²) in [4.78, 5) is 0. The lowest BCUT2D eigenvalue weighted by Crippen LogP contribution is -2.71. The third-order valence-electron chi connectivity index (χ3n) is 11.8. The lowest BCUT2D eigenvalue weighted by Gasteiger charge is -2.66. The monoisotopic (exact) mass is 476 g/mol. The second kappa shape index (κ2) is 10.3. The number of rotatable bonds is 9. The van der Waals surface area contributed by atoms with E-state index in [9.17, 15) is 10.2 Å². The van der Waals surface area contributed by atoms with Crippen LogP contribution in [0, 0.1) is 46.3 Å². The van der Waals surface area contributed by atoms with Crippen LogP contribution in [0.15, 0.2) is 0 Å². The van der Waals surface area contributed by atoms with Crippen LogP contribution in [0.1, 0.15) is 112 Å². The Morgan fingerprint density at radius 2 is 1.74 bits per heavy atom. The van der Waals surface area contributed by atoms with Crippen molar-refractivity contribution in [2.45, 2.75) is 129 Å². The predicted molar refractivity (Wildman–Crippen MR) is 141 cm³/mol. The fraction of sp³-hybridized carbons (Fsp3) is 1.00. The molecule has 34 heavy (non-hydrogen) atoms. The zero-order valence-corrected chi connectivity index (χ0v) is 23.0. The van der Waals surface area contributed by atoms with Gasteiger partial charge in [-0.15, -0.1) is 0 Å². The summed E-state index contributed by atoms with van der Waals surface area (Å²) in [5.74, 6) is 4.57. The molecule has 0 heterocycles. The first-order chi connectivity index (χ1) is 16.1. The summed E-state index contributed by atoms with van der Waals surface area (Å²) in [5, 5.41) is 26.6. The Hall–Kier alpha value is -0.160. The Kier molecular flexibility index (Phi) is 8.15. The minimum atomic E-state index is -0.809. The van der Waals surface area contributed by atoms with Crippen LogP contribution in [-0.4, -0.2) is 41.0 Å². The summed E-state index contributed by atoms with van der Waals surface area (Å²) in [6.07, 6.45) is 13.5. The molecule has 4 aliphatic rings. The number of nitrogens with one attached hydrogen (secondary N) is 1. The van der Waals surface area contributed by atoms with Crippen molar-refractivity contribution in [1.29, 1.82) is 0 Å². The Morgan fingerprint density at radius 3 is 2.44 bits per heavy atom. The van der Waals surface area contributed by atoms with E-state index in [1.54, 1.807) is 0 Å². The van der Waals surface area contributed by atoms with Gasteiger partial charge in [-0.3, -0.25) is 0 Å². The largest absolute Gasteiger partial charge is 0.393 e. The molecular formula is C30H56N2O2. The van der Waals surface area contributed by atoms with Gasteiger partial charge in [-0.25, -0.2) is 0 Å². The summed E-state index contributed by atoms with van der Waals surface area (Å²) < 4.78 is 0. The van der Waals surface area contributed by atoms with Crippen molar-refractivity contribution in [3.8, 4) is 0 Å². The minimum Gasteiger partial charge on any atom is -0.393 e. The molecule has 0 amide bonds. The molecule has 0 saturated heterocycles. The zero-order chi connectivity index (χ0) is 24.7. The fourth-order valence-electron chi connectivity index (χ4n) is 9.95. The SMILES string of the molecule is CC(C)CCC[C@@H](C)C1CC[C@H]2C3CC(NCCCN)[C@@]4(O)C[C@@H](O)CCC4(C)[C@H]3CCC12C. The first-order valence-electron chi connectivity index (χ1n) is 14.9. The first-order valence-corrected chi connectivity index (χ1v) is 14.9. The number of nitrogens with two attached hydrogens (primary N) is 1. The van der Waals surface area contributed by atoms with Gasteiger partial charge in [0.05, 0.1) is 11.7 Å². The highest BCUT2D eigenvalue weighted by atomic mass is 16.3. The van der Waals surface area contributed by atoms with Gasteiger partial charge >= 0.3 is 0 Å². The highest BCUT2D eigenvalue weighted by Crippen LogP contribution is 2.69. The van der Waals surface area contributed by atoms with Crippen LogP contribution < -0.4 is 11.1 Å². The van der Waals surface area contributed by atoms with E-state index < -0.39 is 5.60 Å². The molecule has 0 spiro atoms. The van der Waals surface area contributed by atoms with Gasteiger partial charge in [0.2, 0.25) is 0 Å². The van der Waals surface area contributed by atoms with Crippen molar-refractivity contribution in [2.24, 2.45) is 52.1 Å². The van der Waals surface area contributed by atoms with Crippen LogP contribution in [-0.2, 0) is 0 Å². The van der Waals surface area contributed by atoms with E-state index in [1.807, 2.05) is 0 Å². The molecular weight excluding hydrogens is 420 g/mol. The van der Waals surface area contributed by atoms with Crippen LogP contribution in [0.3, 0.4) is 0 Å². The summed E-state index contributed by atoms with van der Waals surface area (Å²) in [7, 11) is 0. The maximum absolute atomic E-state index is 12.3. The zero-order valence-electron chi connectivity index (χ0n) is 23.0. The highest BCUT2D eigenvalue weighted by Gasteiger charge is 2.67. The standard InChI is InChI=1S/C30H56N2O2/c1-20(2)8-6-9-21(3)24-10-11-25-23-18-27(32-17-7-16-31)30(34)19-22(33)12-15-29(30,5)26(23)13-14-28(24,25)4/h20-27,32-34H,6-19,31H2,1-5H3/t21-,22+,23?,24?,25+,26+,27?,28?,29?,30+/m1/s1. The molecule has 198 valence electrons. The topological polar surface area (TPSA) is 78.5 Å². The Morgan fingerprint density at radius 1 is 0.971 bits per heavy atom. The van der Waals surface area contributed by atoms with Gasteiger partial charge < -0.3 is 21.3 Å². The molecule has 4 fully saturated rings. The van der Waals surface area contributed by atoms with E-state index in [4.69, 9.17) is 5.73 Å². The molecule has 5 unspecified atom stereocenters. The van der Waals surface area contributed by atoms with Crippen LogP contribution in [0.5, 0.6) is 0 Å². The third-order valence-corrected chi connectivity index (χ3v) is 11.8. The number of hydrogen-bond donors (Lipinski definition) is 4. The first kappa shape index (κ1) is 26.9. The molecule has 4 heteroatoms. The predicted octanol–water partition coefficient (Wildman–Crippen LogP) is 5.50. The van der Waals surface area contributed by atoms with Crippen molar-refractivity contribution < 1.29 is 10.2 Å². The average molecular weight is 477 g/mol. The van der Waals surface area contributed by atoms with E-state index in [2.05, 4.69) is 39.9 Å². The molecule has 5 N–H and O–H groups in total. The minimum absolute atomic E-state index is 0.0742. The normalized spacial score (nSPS) is 47.2. The van der Waals surface area contributed by atoms with Crippen molar-refractivity contribution >= 4 is 0 Å². The van der Waals surface area contributed by atoms with Crippen LogP contribution in [0.4, 0.5) is 0 Å². The summed E-state index contributed by atoms with van der Waals surface area (Å²) in [5.41, 5.74) is 5.35. The lowest BCUT2D eigenvalue weighted by atomic mass is 9.42. The molecule has 0 aromatic rings. The number of aliphatic hydroxyl groups is 2. The second-order valence-corrected chi connectivity index (χ2v) is 14.0. The van der Waals surface area contributed by atoms with Gasteiger partial charge in [0.15, 0.2) is 0 Å². The molecule has 4 rings (SSSR count). The maximum Gasteiger partial charge on any atom is 0.0880 e. The van der Waals surface area contributed by atoms with Crippen molar-refractivity contribution in [3.05, 3.63) is 0 Å². The van der Waals surface area contributed by atoms with Crippen molar-refractivity contribution in [2.75, 3.05) is 13.1 Å². The van der Waals surface area contributed by atoms with Crippen LogP contribution in [0.25, 0.3) is 0 Å². The number of hydrogen-bond acceptors (Lipinski definition) is 4. The van der Waals surface area contributed by atoms with Gasteiger partial charge in [0.1, 0.15) is 0 Å². The maximum atomic E-state index is 12.3. The molecule has 0 aromatic heterocycles. The molecule has 4 nitrogen and oxygen atoms in total. The quantitative estimate of drug-likeness (QED) is 0.331. The van der Waals surface area contributed by atoms with Gasteiger partial charge in [-0.1, -0.05) is 53.9 Å². The van der Waals surface area contributed by atoms with E-state index in [0.29, 0.717) is 30.2 Å². The Labute approximate surface area is 210 Å².